The van der Waals surface area contributed by atoms with Gasteiger partial charge in [0, 0.05) is 18.8 Å². The summed E-state index contributed by atoms with van der Waals surface area (Å²) in [5, 5.41) is 6.38. The molecule has 2 amide bonds. The number of halogens is 2. The summed E-state index contributed by atoms with van der Waals surface area (Å²) in [5.74, 6) is -0.430. The molecule has 25 heavy (non-hydrogen) atoms. The average Bonchev–Trinajstić information content (AvgIpc) is 2.50. The second-order valence-electron chi connectivity index (χ2n) is 5.85. The summed E-state index contributed by atoms with van der Waals surface area (Å²) in [6, 6.07) is 4.67. The SMILES string of the molecule is CCOC(=O)C1=C(CN(C)Cc2ccc(Cl)c(Cl)c2)NC(=O)NC1C. The Morgan fingerprint density at radius 1 is 1.28 bits per heavy atom. The van der Waals surface area contributed by atoms with E-state index >= 15 is 0 Å². The van der Waals surface area contributed by atoms with Crippen LogP contribution in [0.4, 0.5) is 4.79 Å². The maximum absolute atomic E-state index is 12.2. The molecule has 2 rings (SSSR count). The highest BCUT2D eigenvalue weighted by Gasteiger charge is 2.30. The van der Waals surface area contributed by atoms with E-state index in [0.29, 0.717) is 34.4 Å². The number of hydrogen-bond acceptors (Lipinski definition) is 4. The molecule has 6 nitrogen and oxygen atoms in total. The minimum absolute atomic E-state index is 0.273. The van der Waals surface area contributed by atoms with Crippen LogP contribution in [0.15, 0.2) is 29.5 Å². The van der Waals surface area contributed by atoms with E-state index in [2.05, 4.69) is 10.6 Å². The normalized spacial score (nSPS) is 17.4. The molecule has 0 spiro atoms. The molecule has 1 atom stereocenters. The maximum Gasteiger partial charge on any atom is 0.337 e. The first-order chi connectivity index (χ1) is 11.8. The van der Waals surface area contributed by atoms with Crippen molar-refractivity contribution in [1.29, 1.82) is 0 Å². The highest BCUT2D eigenvalue weighted by atomic mass is 35.5. The van der Waals surface area contributed by atoms with Crippen molar-refractivity contribution in [2.24, 2.45) is 0 Å². The van der Waals surface area contributed by atoms with Crippen molar-refractivity contribution < 1.29 is 14.3 Å². The molecule has 1 aliphatic heterocycles. The number of hydrogen-bond donors (Lipinski definition) is 2. The number of nitrogens with zero attached hydrogens (tertiary/aromatic N) is 1. The zero-order valence-corrected chi connectivity index (χ0v) is 15.9. The van der Waals surface area contributed by atoms with Crippen molar-refractivity contribution >= 4 is 35.2 Å². The van der Waals surface area contributed by atoms with Crippen molar-refractivity contribution in [3.8, 4) is 0 Å². The van der Waals surface area contributed by atoms with Gasteiger partial charge in [0.1, 0.15) is 0 Å². The van der Waals surface area contributed by atoms with Gasteiger partial charge in [0.15, 0.2) is 0 Å². The number of carbonyl (C=O) groups excluding carboxylic acids is 2. The Morgan fingerprint density at radius 2 is 2.00 bits per heavy atom. The van der Waals surface area contributed by atoms with Crippen LogP contribution in [0.25, 0.3) is 0 Å². The van der Waals surface area contributed by atoms with E-state index in [0.717, 1.165) is 5.56 Å². The van der Waals surface area contributed by atoms with Gasteiger partial charge in [-0.05, 0) is 38.6 Å². The van der Waals surface area contributed by atoms with E-state index in [1.807, 2.05) is 18.0 Å². The summed E-state index contributed by atoms with van der Waals surface area (Å²) in [5.41, 5.74) is 1.95. The van der Waals surface area contributed by atoms with Crippen LogP contribution in [0, 0.1) is 0 Å². The number of likely N-dealkylation sites (N-methyl/N-ethyl adjacent to an activating group) is 1. The molecular weight excluding hydrogens is 365 g/mol. The van der Waals surface area contributed by atoms with Crippen molar-refractivity contribution in [1.82, 2.24) is 15.5 Å². The summed E-state index contributed by atoms with van der Waals surface area (Å²) in [4.78, 5) is 26.0. The Hall–Kier alpha value is -1.76. The van der Waals surface area contributed by atoms with Gasteiger partial charge in [-0.25, -0.2) is 9.59 Å². The smallest absolute Gasteiger partial charge is 0.337 e. The number of urea groups is 1. The number of esters is 1. The molecule has 1 unspecified atom stereocenters. The first-order valence-corrected chi connectivity index (χ1v) is 8.67. The Bertz CT molecular complexity index is 706. The highest BCUT2D eigenvalue weighted by Crippen LogP contribution is 2.23. The van der Waals surface area contributed by atoms with Gasteiger partial charge in [0.2, 0.25) is 0 Å². The van der Waals surface area contributed by atoms with Gasteiger partial charge in [-0.15, -0.1) is 0 Å². The van der Waals surface area contributed by atoms with Gasteiger partial charge in [-0.2, -0.15) is 0 Å². The molecule has 0 fully saturated rings. The van der Waals surface area contributed by atoms with Crippen molar-refractivity contribution in [2.45, 2.75) is 26.4 Å². The predicted molar refractivity (Wildman–Crippen MR) is 97.6 cm³/mol. The number of amides is 2. The van der Waals surface area contributed by atoms with Crippen LogP contribution >= 0.6 is 23.2 Å². The molecule has 0 saturated heterocycles. The third-order valence-corrected chi connectivity index (χ3v) is 4.47. The van der Waals surface area contributed by atoms with Gasteiger partial charge < -0.3 is 15.4 Å². The first kappa shape index (κ1) is 19.6. The molecule has 1 aromatic carbocycles. The molecule has 0 saturated carbocycles. The van der Waals surface area contributed by atoms with Crippen LogP contribution in [0.1, 0.15) is 19.4 Å². The number of rotatable bonds is 6. The quantitative estimate of drug-likeness (QED) is 0.738. The standard InChI is InChI=1S/C17H21Cl2N3O3/c1-4-25-16(23)15-10(2)20-17(24)21-14(15)9-22(3)8-11-5-6-12(18)13(19)7-11/h5-7,10H,4,8-9H2,1-3H3,(H2,20,21,24). The summed E-state index contributed by atoms with van der Waals surface area (Å²) >= 11 is 12.0. The fourth-order valence-corrected chi connectivity index (χ4v) is 3.00. The zero-order valence-electron chi connectivity index (χ0n) is 14.4. The van der Waals surface area contributed by atoms with Crippen LogP contribution in [0.2, 0.25) is 10.0 Å². The second kappa shape index (κ2) is 8.56. The summed E-state index contributed by atoms with van der Waals surface area (Å²) in [6.07, 6.45) is 0. The molecule has 0 aliphatic carbocycles. The molecule has 2 N–H and O–H groups in total. The highest BCUT2D eigenvalue weighted by molar-refractivity contribution is 6.42. The average molecular weight is 386 g/mol. The van der Waals surface area contributed by atoms with E-state index < -0.39 is 12.0 Å². The van der Waals surface area contributed by atoms with Crippen LogP contribution in [0.5, 0.6) is 0 Å². The third kappa shape index (κ3) is 5.11. The summed E-state index contributed by atoms with van der Waals surface area (Å²) < 4.78 is 5.11. The molecule has 0 bridgehead atoms. The van der Waals surface area contributed by atoms with Gasteiger partial charge in [0.05, 0.1) is 28.3 Å². The lowest BCUT2D eigenvalue weighted by Crippen LogP contribution is -2.51. The molecule has 1 heterocycles. The molecule has 1 aromatic rings. The van der Waals surface area contributed by atoms with Crippen LogP contribution in [-0.4, -0.2) is 43.1 Å². The minimum Gasteiger partial charge on any atom is -0.463 e. The lowest BCUT2D eigenvalue weighted by molar-refractivity contribution is -0.139. The Labute approximate surface area is 157 Å². The number of benzene rings is 1. The Balaban J connectivity index is 2.17. The van der Waals surface area contributed by atoms with E-state index in [9.17, 15) is 9.59 Å². The van der Waals surface area contributed by atoms with E-state index in [4.69, 9.17) is 27.9 Å². The van der Waals surface area contributed by atoms with Crippen molar-refractivity contribution in [3.63, 3.8) is 0 Å². The lowest BCUT2D eigenvalue weighted by atomic mass is 10.0. The molecule has 1 aliphatic rings. The largest absolute Gasteiger partial charge is 0.463 e. The number of nitrogens with one attached hydrogen (secondary N) is 2. The Kier molecular flexibility index (Phi) is 6.70. The summed E-state index contributed by atoms with van der Waals surface area (Å²) in [7, 11) is 1.89. The van der Waals surface area contributed by atoms with Crippen LogP contribution in [-0.2, 0) is 16.1 Å². The third-order valence-electron chi connectivity index (χ3n) is 3.73. The van der Waals surface area contributed by atoms with Gasteiger partial charge in [-0.1, -0.05) is 29.3 Å². The first-order valence-electron chi connectivity index (χ1n) is 7.92. The monoisotopic (exact) mass is 385 g/mol. The lowest BCUT2D eigenvalue weighted by Gasteiger charge is -2.29. The summed E-state index contributed by atoms with van der Waals surface area (Å²) in [6.45, 7) is 4.73. The topological polar surface area (TPSA) is 70.7 Å². The van der Waals surface area contributed by atoms with Gasteiger partial charge in [-0.3, -0.25) is 4.90 Å². The van der Waals surface area contributed by atoms with E-state index in [1.165, 1.54) is 0 Å². The van der Waals surface area contributed by atoms with Gasteiger partial charge >= 0.3 is 12.0 Å². The second-order valence-corrected chi connectivity index (χ2v) is 6.67. The van der Waals surface area contributed by atoms with Gasteiger partial charge in [0.25, 0.3) is 0 Å². The van der Waals surface area contributed by atoms with Crippen LogP contribution < -0.4 is 10.6 Å². The maximum atomic E-state index is 12.2. The molecule has 136 valence electrons. The number of carbonyl (C=O) groups is 2. The molecule has 8 heteroatoms. The van der Waals surface area contributed by atoms with E-state index in [1.54, 1.807) is 26.0 Å². The fraction of sp³-hybridized carbons (Fsp3) is 0.412. The zero-order chi connectivity index (χ0) is 18.6. The molecule has 0 radical (unpaired) electrons. The minimum atomic E-state index is -0.430. The number of ether oxygens (including phenoxy) is 1. The fourth-order valence-electron chi connectivity index (χ4n) is 2.68. The Morgan fingerprint density at radius 3 is 2.64 bits per heavy atom. The van der Waals surface area contributed by atoms with Crippen LogP contribution in [0.3, 0.4) is 0 Å². The van der Waals surface area contributed by atoms with Crippen molar-refractivity contribution in [2.75, 3.05) is 20.2 Å². The van der Waals surface area contributed by atoms with E-state index in [-0.39, 0.29) is 12.6 Å². The molecule has 0 aromatic heterocycles. The van der Waals surface area contributed by atoms with Crippen molar-refractivity contribution in [3.05, 3.63) is 45.1 Å². The molecular formula is C17H21Cl2N3O3. The predicted octanol–water partition coefficient (Wildman–Crippen LogP) is 2.94.